The van der Waals surface area contributed by atoms with E-state index in [1.54, 1.807) is 12.1 Å². The zero-order valence-electron chi connectivity index (χ0n) is 19.5. The number of para-hydroxylation sites is 1. The van der Waals surface area contributed by atoms with Crippen LogP contribution < -0.4 is 9.88 Å². The number of hydrogen-bond donors (Lipinski definition) is 2. The number of carbonyl (C=O) groups is 1. The minimum atomic E-state index is -1.06. The summed E-state index contributed by atoms with van der Waals surface area (Å²) in [6.07, 6.45) is -0.309. The second-order valence-corrected chi connectivity index (χ2v) is 9.17. The van der Waals surface area contributed by atoms with Gasteiger partial charge in [-0.25, -0.2) is 9.78 Å². The largest absolute Gasteiger partial charge is 0.485 e. The Morgan fingerprint density at radius 3 is 2.51 bits per heavy atom. The summed E-state index contributed by atoms with van der Waals surface area (Å²) in [5.74, 6) is -0.0273. The van der Waals surface area contributed by atoms with Crippen molar-refractivity contribution in [3.05, 3.63) is 89.0 Å². The summed E-state index contributed by atoms with van der Waals surface area (Å²) >= 11 is 1.18. The quantitative estimate of drug-likeness (QED) is 0.249. The maximum absolute atomic E-state index is 12.4. The van der Waals surface area contributed by atoms with E-state index in [0.717, 1.165) is 32.6 Å². The molecule has 0 saturated carbocycles. The number of carboxylic acids is 1. The van der Waals surface area contributed by atoms with Gasteiger partial charge in [-0.3, -0.25) is 5.14 Å². The fourth-order valence-electron chi connectivity index (χ4n) is 4.32. The fourth-order valence-corrected chi connectivity index (χ4v) is 4.61. The summed E-state index contributed by atoms with van der Waals surface area (Å²) in [5.41, 5.74) is 4.62. The molecule has 176 valence electrons. The number of pyridine rings is 1. The highest BCUT2D eigenvalue weighted by Gasteiger charge is 2.22. The van der Waals surface area contributed by atoms with Gasteiger partial charge in [-0.05, 0) is 74.2 Å². The molecule has 7 heteroatoms. The number of nitrogens with two attached hydrogens (primary N) is 1. The Balaban J connectivity index is 1.65. The number of nitrogens with zero attached hydrogens (tertiary/aromatic N) is 1. The van der Waals surface area contributed by atoms with E-state index in [1.165, 1.54) is 11.9 Å². The molecule has 2 heterocycles. The molecule has 2 aromatic heterocycles. The first-order chi connectivity index (χ1) is 16.9. The van der Waals surface area contributed by atoms with Gasteiger partial charge in [-0.2, -0.15) is 0 Å². The van der Waals surface area contributed by atoms with Crippen molar-refractivity contribution in [1.29, 1.82) is 0 Å². The molecule has 0 saturated heterocycles. The van der Waals surface area contributed by atoms with Crippen LogP contribution in [0.5, 0.6) is 5.75 Å². The molecule has 1 atom stereocenters. The van der Waals surface area contributed by atoms with E-state index in [0.29, 0.717) is 28.1 Å². The Kier molecular flexibility index (Phi) is 5.96. The van der Waals surface area contributed by atoms with Crippen LogP contribution >= 0.6 is 11.9 Å². The van der Waals surface area contributed by atoms with Gasteiger partial charge in [-0.15, -0.1) is 0 Å². The number of furan rings is 1. The van der Waals surface area contributed by atoms with Crippen molar-refractivity contribution in [1.82, 2.24) is 4.98 Å². The molecular weight excluding hydrogens is 460 g/mol. The molecule has 0 aliphatic heterocycles. The molecule has 3 aromatic carbocycles. The number of fused-ring (bicyclic) bond motifs is 2. The first kappa shape index (κ1) is 23.0. The maximum Gasteiger partial charge on any atom is 0.336 e. The molecule has 6 nitrogen and oxygen atoms in total. The molecule has 1 unspecified atom stereocenters. The monoisotopic (exact) mass is 484 g/mol. The Labute approximate surface area is 206 Å². The van der Waals surface area contributed by atoms with Crippen molar-refractivity contribution in [3.63, 3.8) is 0 Å². The lowest BCUT2D eigenvalue weighted by Crippen LogP contribution is -2.07. The summed E-state index contributed by atoms with van der Waals surface area (Å²) in [5, 5.41) is 17.2. The number of ether oxygens (including phenoxy) is 1. The Bertz CT molecular complexity index is 1570. The number of aromatic carboxylic acids is 1. The molecule has 0 bridgehead atoms. The van der Waals surface area contributed by atoms with Crippen molar-refractivity contribution in [2.24, 2.45) is 5.14 Å². The van der Waals surface area contributed by atoms with Crippen molar-refractivity contribution in [2.45, 2.75) is 31.8 Å². The lowest BCUT2D eigenvalue weighted by molar-refractivity contribution is 0.0698. The molecule has 0 aliphatic carbocycles. The standard InChI is InChI=1S/C28H24N2O4S/c1-15-8-13-24(33-17(3)18-9-11-19(35-29)12-10-18)25-21(28(31)32)14-22(30-26(15)25)27-16(2)20-6-4-5-7-23(20)34-27/h4-14,17H,29H2,1-3H3,(H,31,32). The van der Waals surface area contributed by atoms with Crippen molar-refractivity contribution >= 4 is 39.8 Å². The van der Waals surface area contributed by atoms with Gasteiger partial charge < -0.3 is 14.3 Å². The van der Waals surface area contributed by atoms with Gasteiger partial charge in [0.25, 0.3) is 0 Å². The van der Waals surface area contributed by atoms with Crippen LogP contribution in [0.4, 0.5) is 0 Å². The lowest BCUT2D eigenvalue weighted by Gasteiger charge is -2.19. The topological polar surface area (TPSA) is 98.6 Å². The van der Waals surface area contributed by atoms with Gasteiger partial charge in [0.15, 0.2) is 5.76 Å². The molecule has 3 N–H and O–H groups in total. The van der Waals surface area contributed by atoms with E-state index in [9.17, 15) is 9.90 Å². The predicted octanol–water partition coefficient (Wildman–Crippen LogP) is 7.07. The van der Waals surface area contributed by atoms with E-state index in [-0.39, 0.29) is 11.7 Å². The number of benzene rings is 3. The smallest absolute Gasteiger partial charge is 0.336 e. The van der Waals surface area contributed by atoms with E-state index >= 15 is 0 Å². The van der Waals surface area contributed by atoms with Gasteiger partial charge in [0.1, 0.15) is 23.1 Å². The molecule has 35 heavy (non-hydrogen) atoms. The Morgan fingerprint density at radius 2 is 1.83 bits per heavy atom. The highest BCUT2D eigenvalue weighted by molar-refractivity contribution is 7.97. The maximum atomic E-state index is 12.4. The van der Waals surface area contributed by atoms with Gasteiger partial charge in [0.2, 0.25) is 0 Å². The minimum absolute atomic E-state index is 0.116. The predicted molar refractivity (Wildman–Crippen MR) is 139 cm³/mol. The fraction of sp³-hybridized carbons (Fsp3) is 0.143. The molecular formula is C28H24N2O4S. The summed E-state index contributed by atoms with van der Waals surface area (Å²) in [7, 11) is 0. The van der Waals surface area contributed by atoms with Crippen molar-refractivity contribution < 1.29 is 19.1 Å². The summed E-state index contributed by atoms with van der Waals surface area (Å²) in [6, 6.07) is 20.8. The van der Waals surface area contributed by atoms with Gasteiger partial charge >= 0.3 is 5.97 Å². The average Bonchev–Trinajstić information content (AvgIpc) is 3.21. The summed E-state index contributed by atoms with van der Waals surface area (Å²) in [6.45, 7) is 5.79. The number of aryl methyl sites for hydroxylation is 2. The molecule has 5 rings (SSSR count). The highest BCUT2D eigenvalue weighted by atomic mass is 32.2. The Morgan fingerprint density at radius 1 is 1.09 bits per heavy atom. The van der Waals surface area contributed by atoms with Gasteiger partial charge in [-0.1, -0.05) is 36.4 Å². The summed E-state index contributed by atoms with van der Waals surface area (Å²) < 4.78 is 12.4. The zero-order chi connectivity index (χ0) is 24.7. The van der Waals surface area contributed by atoms with Crippen LogP contribution in [0.2, 0.25) is 0 Å². The van der Waals surface area contributed by atoms with Crippen LogP contribution in [0.3, 0.4) is 0 Å². The van der Waals surface area contributed by atoms with Crippen molar-refractivity contribution in [3.8, 4) is 17.2 Å². The number of carboxylic acid groups (broad SMARTS) is 1. The second-order valence-electron chi connectivity index (χ2n) is 8.46. The first-order valence-corrected chi connectivity index (χ1v) is 12.0. The third kappa shape index (κ3) is 4.13. The molecule has 5 aromatic rings. The van der Waals surface area contributed by atoms with Crippen LogP contribution in [-0.4, -0.2) is 16.1 Å². The van der Waals surface area contributed by atoms with Gasteiger partial charge in [0, 0.05) is 15.8 Å². The zero-order valence-corrected chi connectivity index (χ0v) is 20.3. The van der Waals surface area contributed by atoms with E-state index < -0.39 is 5.97 Å². The number of aromatic nitrogens is 1. The molecule has 0 fully saturated rings. The molecule has 0 spiro atoms. The third-order valence-electron chi connectivity index (χ3n) is 6.22. The third-order valence-corrected chi connectivity index (χ3v) is 6.76. The van der Waals surface area contributed by atoms with Gasteiger partial charge in [0.05, 0.1) is 16.5 Å². The Hall–Kier alpha value is -3.81. The van der Waals surface area contributed by atoms with Crippen LogP contribution in [0.25, 0.3) is 33.3 Å². The van der Waals surface area contributed by atoms with E-state index in [2.05, 4.69) is 0 Å². The second kappa shape index (κ2) is 9.09. The first-order valence-electron chi connectivity index (χ1n) is 11.2. The average molecular weight is 485 g/mol. The number of rotatable bonds is 6. The molecule has 0 radical (unpaired) electrons. The number of hydrogen-bond acceptors (Lipinski definition) is 6. The lowest BCUT2D eigenvalue weighted by atomic mass is 10.0. The van der Waals surface area contributed by atoms with E-state index in [4.69, 9.17) is 19.3 Å². The van der Waals surface area contributed by atoms with Crippen LogP contribution in [0, 0.1) is 13.8 Å². The SMILES string of the molecule is Cc1c(-c2cc(C(=O)O)c3c(OC(C)c4ccc(SN)cc4)ccc(C)c3n2)oc2ccccc12. The van der Waals surface area contributed by atoms with Crippen LogP contribution in [0.1, 0.15) is 40.1 Å². The summed E-state index contributed by atoms with van der Waals surface area (Å²) in [4.78, 5) is 18.2. The normalized spacial score (nSPS) is 12.2. The minimum Gasteiger partial charge on any atom is -0.485 e. The van der Waals surface area contributed by atoms with Crippen LogP contribution in [0.15, 0.2) is 76.0 Å². The molecule has 0 amide bonds. The van der Waals surface area contributed by atoms with E-state index in [1.807, 2.05) is 75.4 Å². The highest BCUT2D eigenvalue weighted by Crippen LogP contribution is 2.38. The molecule has 0 aliphatic rings. The van der Waals surface area contributed by atoms with Crippen LogP contribution in [-0.2, 0) is 0 Å². The van der Waals surface area contributed by atoms with Crippen molar-refractivity contribution in [2.75, 3.05) is 0 Å².